The van der Waals surface area contributed by atoms with E-state index < -0.39 is 57.3 Å². The molecule has 0 amide bonds. The number of aromatic amines is 1. The van der Waals surface area contributed by atoms with E-state index in [0.717, 1.165) is 10.8 Å². The fraction of sp³-hybridized carbons (Fsp3) is 0.222. The van der Waals surface area contributed by atoms with Gasteiger partial charge in [0.2, 0.25) is 5.95 Å². The lowest BCUT2D eigenvalue weighted by Gasteiger charge is -2.16. The van der Waals surface area contributed by atoms with Gasteiger partial charge in [-0.3, -0.25) is 14.0 Å². The second-order valence-corrected chi connectivity index (χ2v) is 12.6. The van der Waals surface area contributed by atoms with Gasteiger partial charge in [0.1, 0.15) is 9.84 Å². The zero-order valence-corrected chi connectivity index (χ0v) is 24.4. The van der Waals surface area contributed by atoms with Gasteiger partial charge in [-0.25, -0.2) is 35.7 Å². The highest BCUT2D eigenvalue weighted by atomic mass is 35.5. The molecule has 2 N–H and O–H groups in total. The maximum absolute atomic E-state index is 14.0. The number of pyridine rings is 1. The summed E-state index contributed by atoms with van der Waals surface area (Å²) >= 11 is 6.47. The van der Waals surface area contributed by atoms with Gasteiger partial charge in [0, 0.05) is 36.1 Å². The molecule has 0 aliphatic rings. The van der Waals surface area contributed by atoms with Crippen molar-refractivity contribution >= 4 is 44.0 Å². The fourth-order valence-electron chi connectivity index (χ4n) is 4.45. The van der Waals surface area contributed by atoms with E-state index in [0.29, 0.717) is 40.6 Å². The van der Waals surface area contributed by atoms with Gasteiger partial charge in [0.05, 0.1) is 35.1 Å². The maximum Gasteiger partial charge on any atom is 0.355 e. The summed E-state index contributed by atoms with van der Waals surface area (Å²) in [5.41, 5.74) is -2.00. The molecule has 0 spiro atoms. The van der Waals surface area contributed by atoms with Crippen molar-refractivity contribution in [3.8, 4) is 0 Å². The van der Waals surface area contributed by atoms with Gasteiger partial charge in [-0.1, -0.05) is 17.7 Å². The van der Waals surface area contributed by atoms with Gasteiger partial charge in [-0.15, -0.1) is 0 Å². The summed E-state index contributed by atoms with van der Waals surface area (Å²) in [6.07, 6.45) is 4.49. The smallest absolute Gasteiger partial charge is 0.329 e. The Balaban J connectivity index is 1.56. The molecule has 17 heteroatoms. The second-order valence-electron chi connectivity index (χ2n) is 9.96. The van der Waals surface area contributed by atoms with Crippen LogP contribution < -0.4 is 22.3 Å². The summed E-state index contributed by atoms with van der Waals surface area (Å²) in [6, 6.07) is 7.36. The lowest BCUT2D eigenvalue weighted by atomic mass is 10.2. The summed E-state index contributed by atoms with van der Waals surface area (Å²) in [5, 5.41) is 7.88. The number of nitrogens with zero attached hydrogens (tertiary/aromatic N) is 5. The summed E-state index contributed by atoms with van der Waals surface area (Å²) in [5.74, 6) is -5.04. The number of rotatable bonds is 10. The number of aryl methyl sites for hydroxylation is 1. The lowest BCUT2D eigenvalue weighted by molar-refractivity contribution is 0.444. The number of hydrogen-bond donors (Lipinski definition) is 2. The average molecular weight is 650 g/mol. The van der Waals surface area contributed by atoms with Crippen molar-refractivity contribution in [2.75, 3.05) is 17.3 Å². The number of aromatic nitrogens is 6. The van der Waals surface area contributed by atoms with E-state index in [-0.39, 0.29) is 33.5 Å². The molecule has 44 heavy (non-hydrogen) atoms. The van der Waals surface area contributed by atoms with Crippen LogP contribution in [0.1, 0.15) is 17.5 Å². The van der Waals surface area contributed by atoms with Gasteiger partial charge in [-0.05, 0) is 42.3 Å². The molecule has 0 aliphatic heterocycles. The van der Waals surface area contributed by atoms with Crippen molar-refractivity contribution < 1.29 is 21.6 Å². The highest BCUT2D eigenvalue weighted by molar-refractivity contribution is 7.90. The number of fused-ring (bicyclic) bond motifs is 1. The van der Waals surface area contributed by atoms with Crippen LogP contribution >= 0.6 is 11.6 Å². The average Bonchev–Trinajstić information content (AvgIpc) is 3.33. The minimum atomic E-state index is -3.15. The molecule has 230 valence electrons. The van der Waals surface area contributed by atoms with E-state index >= 15 is 0 Å². The first-order valence-electron chi connectivity index (χ1n) is 12.9. The Morgan fingerprint density at radius 3 is 2.43 bits per heavy atom. The third-order valence-electron chi connectivity index (χ3n) is 6.55. The first-order valence-corrected chi connectivity index (χ1v) is 15.4. The Bertz CT molecular complexity index is 2170. The molecule has 0 unspecified atom stereocenters. The summed E-state index contributed by atoms with van der Waals surface area (Å²) in [4.78, 5) is 45.2. The van der Waals surface area contributed by atoms with Gasteiger partial charge in [0.25, 0.3) is 5.56 Å². The van der Waals surface area contributed by atoms with Crippen molar-refractivity contribution in [2.45, 2.75) is 26.1 Å². The van der Waals surface area contributed by atoms with E-state index in [9.17, 15) is 36.0 Å². The third kappa shape index (κ3) is 6.75. The molecule has 0 atom stereocenters. The van der Waals surface area contributed by atoms with Crippen molar-refractivity contribution in [1.82, 2.24) is 28.9 Å². The van der Waals surface area contributed by atoms with Crippen LogP contribution in [0.3, 0.4) is 0 Å². The van der Waals surface area contributed by atoms with Gasteiger partial charge in [0.15, 0.2) is 17.5 Å². The van der Waals surface area contributed by atoms with E-state index in [4.69, 9.17) is 11.6 Å². The van der Waals surface area contributed by atoms with E-state index in [1.54, 1.807) is 16.9 Å². The minimum absolute atomic E-state index is 0.0218. The van der Waals surface area contributed by atoms with Crippen molar-refractivity contribution in [3.63, 3.8) is 0 Å². The number of halogens is 4. The van der Waals surface area contributed by atoms with Crippen molar-refractivity contribution in [3.05, 3.63) is 114 Å². The SMILES string of the molecule is CS(=O)(=O)CCCn1cc2cc(Nc3nc(=O)n(Cc4ccc[nH]c4=O)c(=O)n3Cc3cc(F)c(F)c(F)c3)c(Cl)cc2n1. The highest BCUT2D eigenvalue weighted by Gasteiger charge is 2.19. The Morgan fingerprint density at radius 2 is 1.75 bits per heavy atom. The topological polar surface area (TPSA) is 154 Å². The molecule has 3 heterocycles. The Morgan fingerprint density at radius 1 is 1.02 bits per heavy atom. The Kier molecular flexibility index (Phi) is 8.47. The van der Waals surface area contributed by atoms with Crippen LogP contribution in [0.5, 0.6) is 0 Å². The number of H-pyrrole nitrogens is 1. The predicted molar refractivity (Wildman–Crippen MR) is 157 cm³/mol. The number of hydrogen-bond acceptors (Lipinski definition) is 8. The molecule has 0 saturated heterocycles. The molecule has 0 radical (unpaired) electrons. The van der Waals surface area contributed by atoms with Crippen molar-refractivity contribution in [2.24, 2.45) is 0 Å². The largest absolute Gasteiger partial charge is 0.355 e. The standard InChI is InChI=1S/C27H23ClF3N7O5S/c1-44(42,43)7-3-6-36-13-17-10-22(18(28)11-21(17)35-36)33-25-34-26(40)38(14-16-4-2-5-32-24(16)39)27(41)37(25)12-15-8-19(29)23(31)20(30)9-15/h2,4-5,8-11,13H,3,6-7,12,14H2,1H3,(H,32,39)(H,33,34,40). The highest BCUT2D eigenvalue weighted by Crippen LogP contribution is 2.29. The van der Waals surface area contributed by atoms with Gasteiger partial charge < -0.3 is 10.3 Å². The lowest BCUT2D eigenvalue weighted by Crippen LogP contribution is -2.43. The summed E-state index contributed by atoms with van der Waals surface area (Å²) < 4.78 is 67.7. The Hall–Kier alpha value is -4.70. The molecule has 2 aromatic carbocycles. The molecule has 12 nitrogen and oxygen atoms in total. The third-order valence-corrected chi connectivity index (χ3v) is 7.89. The number of sulfone groups is 1. The maximum atomic E-state index is 14.0. The van der Waals surface area contributed by atoms with Gasteiger partial charge in [-0.2, -0.15) is 10.1 Å². The molecule has 0 aliphatic carbocycles. The molecule has 5 rings (SSSR count). The first kappa shape index (κ1) is 30.7. The molecule has 0 fully saturated rings. The summed E-state index contributed by atoms with van der Waals surface area (Å²) in [7, 11) is -3.15. The summed E-state index contributed by atoms with van der Waals surface area (Å²) in [6.45, 7) is -0.694. The normalized spacial score (nSPS) is 11.8. The monoisotopic (exact) mass is 649 g/mol. The zero-order chi connectivity index (χ0) is 31.8. The van der Waals surface area contributed by atoms with Crippen LogP contribution in [0, 0.1) is 17.5 Å². The van der Waals surface area contributed by atoms with E-state index in [2.05, 4.69) is 20.4 Å². The number of anilines is 2. The second kappa shape index (κ2) is 12.1. The molecule has 5 aromatic rings. The molecule has 0 saturated carbocycles. The van der Waals surface area contributed by atoms with Crippen LogP contribution in [0.25, 0.3) is 10.9 Å². The van der Waals surface area contributed by atoms with Crippen LogP contribution in [-0.4, -0.2) is 49.3 Å². The predicted octanol–water partition coefficient (Wildman–Crippen LogP) is 2.79. The fourth-order valence-corrected chi connectivity index (χ4v) is 5.31. The van der Waals surface area contributed by atoms with E-state index in [1.807, 2.05) is 0 Å². The van der Waals surface area contributed by atoms with Crippen LogP contribution in [0.15, 0.2) is 63.2 Å². The minimum Gasteiger partial charge on any atom is -0.329 e. The first-order chi connectivity index (χ1) is 20.8. The molecular weight excluding hydrogens is 627 g/mol. The number of nitrogens with one attached hydrogen (secondary N) is 2. The van der Waals surface area contributed by atoms with Crippen LogP contribution in [0.4, 0.5) is 24.8 Å². The molecule has 3 aromatic heterocycles. The van der Waals surface area contributed by atoms with Gasteiger partial charge >= 0.3 is 11.4 Å². The van der Waals surface area contributed by atoms with E-state index in [1.165, 1.54) is 24.4 Å². The van der Waals surface area contributed by atoms with Crippen LogP contribution in [-0.2, 0) is 29.5 Å². The Labute approximate surface area is 251 Å². The van der Waals surface area contributed by atoms with Crippen LogP contribution in [0.2, 0.25) is 5.02 Å². The molecule has 0 bridgehead atoms. The quantitative estimate of drug-likeness (QED) is 0.219. The van der Waals surface area contributed by atoms with Crippen molar-refractivity contribution in [1.29, 1.82) is 0 Å². The molecular formula is C27H23ClF3N7O5S. The number of benzene rings is 2. The zero-order valence-electron chi connectivity index (χ0n) is 22.9.